The first-order valence-corrected chi connectivity index (χ1v) is 13.7. The molecule has 2 aliphatic rings. The molecule has 2 aliphatic heterocycles. The van der Waals surface area contributed by atoms with E-state index < -0.39 is 45.9 Å². The molecule has 1 fully saturated rings. The number of sulfonamides is 1. The third-order valence-electron chi connectivity index (χ3n) is 7.02. The number of benzene rings is 3. The summed E-state index contributed by atoms with van der Waals surface area (Å²) in [6, 6.07) is 17.5. The maximum absolute atomic E-state index is 13.8. The fraction of sp³-hybridized carbons (Fsp3) is 0.250. The Morgan fingerprint density at radius 3 is 2.32 bits per heavy atom. The van der Waals surface area contributed by atoms with Gasteiger partial charge in [-0.25, -0.2) is 13.2 Å². The Balaban J connectivity index is 1.43. The highest BCUT2D eigenvalue weighted by Crippen LogP contribution is 2.28. The van der Waals surface area contributed by atoms with Crippen molar-refractivity contribution in [3.8, 4) is 0 Å². The Hall–Kier alpha value is -4.02. The van der Waals surface area contributed by atoms with Gasteiger partial charge in [-0.15, -0.1) is 0 Å². The maximum Gasteiger partial charge on any atom is 0.327 e. The number of carbonyl (C=O) groups excluding carboxylic acids is 2. The minimum atomic E-state index is -3.97. The van der Waals surface area contributed by atoms with Crippen molar-refractivity contribution in [2.75, 3.05) is 13.1 Å². The van der Waals surface area contributed by atoms with Crippen LogP contribution < -0.4 is 5.32 Å². The van der Waals surface area contributed by atoms with E-state index in [9.17, 15) is 27.9 Å². The summed E-state index contributed by atoms with van der Waals surface area (Å²) in [7, 11) is -3.97. The number of aliphatic carboxylic acids is 1. The number of carboxylic acid groups (broad SMARTS) is 1. The van der Waals surface area contributed by atoms with Crippen molar-refractivity contribution >= 4 is 38.6 Å². The van der Waals surface area contributed by atoms with Crippen molar-refractivity contribution < 1.29 is 27.9 Å². The monoisotopic (exact) mass is 533 g/mol. The van der Waals surface area contributed by atoms with Gasteiger partial charge in [0.25, 0.3) is 5.91 Å². The van der Waals surface area contributed by atoms with Crippen LogP contribution in [0, 0.1) is 0 Å². The summed E-state index contributed by atoms with van der Waals surface area (Å²) < 4.78 is 27.7. The molecule has 10 heteroatoms. The molecule has 2 heterocycles. The van der Waals surface area contributed by atoms with Gasteiger partial charge >= 0.3 is 5.97 Å². The first-order chi connectivity index (χ1) is 18.3. The molecule has 2 N–H and O–H groups in total. The zero-order valence-electron chi connectivity index (χ0n) is 20.4. The van der Waals surface area contributed by atoms with E-state index in [0.29, 0.717) is 12.0 Å². The lowest BCUT2D eigenvalue weighted by molar-refractivity contribution is -0.156. The normalized spacial score (nSPS) is 23.2. The Morgan fingerprint density at radius 1 is 0.868 bits per heavy atom. The van der Waals surface area contributed by atoms with E-state index in [2.05, 4.69) is 5.32 Å². The van der Waals surface area contributed by atoms with E-state index >= 15 is 0 Å². The Labute approximate surface area is 220 Å². The predicted octanol–water partition coefficient (Wildman–Crippen LogP) is 2.64. The number of fused-ring (bicyclic) bond motifs is 2. The van der Waals surface area contributed by atoms with Crippen LogP contribution in [0.25, 0.3) is 10.8 Å². The van der Waals surface area contributed by atoms with Crippen LogP contribution in [0.1, 0.15) is 23.2 Å². The molecule has 9 nitrogen and oxygen atoms in total. The number of rotatable bonds is 5. The molecule has 0 bridgehead atoms. The van der Waals surface area contributed by atoms with Crippen LogP contribution in [0.2, 0.25) is 0 Å². The summed E-state index contributed by atoms with van der Waals surface area (Å²) in [5.41, 5.74) is 0.409. The molecule has 38 heavy (non-hydrogen) atoms. The molecule has 3 aromatic carbocycles. The lowest BCUT2D eigenvalue weighted by Crippen LogP contribution is -2.66. The van der Waals surface area contributed by atoms with E-state index in [4.69, 9.17) is 0 Å². The number of hydrogen-bond acceptors (Lipinski definition) is 5. The number of nitrogens with zero attached hydrogens (tertiary/aromatic N) is 2. The van der Waals surface area contributed by atoms with E-state index in [1.54, 1.807) is 42.5 Å². The van der Waals surface area contributed by atoms with Crippen LogP contribution in [-0.2, 0) is 19.6 Å². The van der Waals surface area contributed by atoms with Crippen LogP contribution in [0.15, 0.2) is 89.8 Å². The predicted molar refractivity (Wildman–Crippen MR) is 141 cm³/mol. The minimum absolute atomic E-state index is 0.0545. The molecular weight excluding hydrogens is 506 g/mol. The number of carboxylic acids is 1. The lowest BCUT2D eigenvalue weighted by atomic mass is 9.98. The Kier molecular flexibility index (Phi) is 7.00. The molecule has 0 aromatic heterocycles. The SMILES string of the molecule is O=C(N[C@H]1C/C=C\C[C@H]2CN(S(=O)(=O)c3ccccc3)C[C@@H](C(=O)O)N2C1=O)c1cccc2ccccc12. The van der Waals surface area contributed by atoms with Gasteiger partial charge in [0.2, 0.25) is 15.9 Å². The highest BCUT2D eigenvalue weighted by Gasteiger charge is 2.46. The molecule has 3 atom stereocenters. The van der Waals surface area contributed by atoms with Gasteiger partial charge < -0.3 is 15.3 Å². The second-order valence-corrected chi connectivity index (χ2v) is 11.3. The van der Waals surface area contributed by atoms with Gasteiger partial charge in [0.15, 0.2) is 0 Å². The molecule has 0 unspecified atom stereocenters. The van der Waals surface area contributed by atoms with Gasteiger partial charge in [-0.3, -0.25) is 9.59 Å². The number of nitrogens with one attached hydrogen (secondary N) is 1. The zero-order chi connectivity index (χ0) is 26.9. The van der Waals surface area contributed by atoms with Crippen molar-refractivity contribution in [2.45, 2.75) is 35.9 Å². The van der Waals surface area contributed by atoms with Crippen molar-refractivity contribution in [2.24, 2.45) is 0 Å². The zero-order valence-corrected chi connectivity index (χ0v) is 21.3. The van der Waals surface area contributed by atoms with E-state index in [0.717, 1.165) is 15.1 Å². The van der Waals surface area contributed by atoms with Crippen molar-refractivity contribution in [3.05, 3.63) is 90.5 Å². The lowest BCUT2D eigenvalue weighted by Gasteiger charge is -2.46. The van der Waals surface area contributed by atoms with Gasteiger partial charge in [0.05, 0.1) is 4.90 Å². The summed E-state index contributed by atoms with van der Waals surface area (Å²) in [6.07, 6.45) is 4.06. The summed E-state index contributed by atoms with van der Waals surface area (Å²) in [6.45, 7) is -0.441. The van der Waals surface area contributed by atoms with Crippen molar-refractivity contribution in [3.63, 3.8) is 0 Å². The largest absolute Gasteiger partial charge is 0.480 e. The summed E-state index contributed by atoms with van der Waals surface area (Å²) in [4.78, 5) is 40.7. The molecule has 5 rings (SSSR count). The summed E-state index contributed by atoms with van der Waals surface area (Å²) in [5.74, 6) is -2.29. The first kappa shape index (κ1) is 25.6. The topological polar surface area (TPSA) is 124 Å². The van der Waals surface area contributed by atoms with Crippen LogP contribution in [0.4, 0.5) is 0 Å². The van der Waals surface area contributed by atoms with Crippen LogP contribution in [0.3, 0.4) is 0 Å². The number of amides is 2. The van der Waals surface area contributed by atoms with Crippen LogP contribution in [0.5, 0.6) is 0 Å². The Bertz CT molecular complexity index is 1520. The third-order valence-corrected chi connectivity index (χ3v) is 8.87. The van der Waals surface area contributed by atoms with E-state index in [-0.39, 0.29) is 24.4 Å². The second kappa shape index (κ2) is 10.4. The molecule has 0 aliphatic carbocycles. The van der Waals surface area contributed by atoms with Gasteiger partial charge in [-0.05, 0) is 41.8 Å². The molecule has 1 saturated heterocycles. The average Bonchev–Trinajstić information content (AvgIpc) is 2.93. The van der Waals surface area contributed by atoms with Crippen molar-refractivity contribution in [1.82, 2.24) is 14.5 Å². The van der Waals surface area contributed by atoms with E-state index in [1.807, 2.05) is 30.3 Å². The molecule has 196 valence electrons. The van der Waals surface area contributed by atoms with Crippen LogP contribution >= 0.6 is 0 Å². The first-order valence-electron chi connectivity index (χ1n) is 12.3. The molecular formula is C28H27N3O6S. The van der Waals surface area contributed by atoms with Crippen LogP contribution in [-0.4, -0.2) is 71.7 Å². The molecule has 0 saturated carbocycles. The number of hydrogen-bond donors (Lipinski definition) is 2. The molecule has 2 amide bonds. The second-order valence-electron chi connectivity index (χ2n) is 9.38. The van der Waals surface area contributed by atoms with Gasteiger partial charge in [0, 0.05) is 24.7 Å². The summed E-state index contributed by atoms with van der Waals surface area (Å²) in [5, 5.41) is 14.5. The minimum Gasteiger partial charge on any atom is -0.480 e. The molecule has 3 aromatic rings. The number of carbonyl (C=O) groups is 3. The van der Waals surface area contributed by atoms with E-state index in [1.165, 1.54) is 17.0 Å². The van der Waals surface area contributed by atoms with Gasteiger partial charge in [-0.1, -0.05) is 66.7 Å². The summed E-state index contributed by atoms with van der Waals surface area (Å²) >= 11 is 0. The molecule has 0 radical (unpaired) electrons. The fourth-order valence-corrected chi connectivity index (χ4v) is 6.64. The third kappa shape index (κ3) is 4.80. The molecule has 0 spiro atoms. The smallest absolute Gasteiger partial charge is 0.327 e. The van der Waals surface area contributed by atoms with Gasteiger partial charge in [-0.2, -0.15) is 4.31 Å². The average molecular weight is 534 g/mol. The quantitative estimate of drug-likeness (QED) is 0.486. The standard InChI is InChI=1S/C28H27N3O6S/c32-26(23-15-8-10-19-9-4-6-14-22(19)23)29-24-16-7-5-11-20-17-30(18-25(28(34)35)31(20)27(24)33)38(36,37)21-12-2-1-3-13-21/h1-10,12-15,20,24-25H,11,16-18H2,(H,29,32)(H,34,35)/b7-5-/t20-,24-,25-/m0/s1. The number of piperazine rings is 1. The highest BCUT2D eigenvalue weighted by molar-refractivity contribution is 7.89. The van der Waals surface area contributed by atoms with Gasteiger partial charge in [0.1, 0.15) is 12.1 Å². The maximum atomic E-state index is 13.8. The Morgan fingerprint density at radius 2 is 1.55 bits per heavy atom. The van der Waals surface area contributed by atoms with Crippen molar-refractivity contribution in [1.29, 1.82) is 0 Å². The fourth-order valence-electron chi connectivity index (χ4n) is 5.14. The highest BCUT2D eigenvalue weighted by atomic mass is 32.2.